The summed E-state index contributed by atoms with van der Waals surface area (Å²) in [6.07, 6.45) is 4.77. The van der Waals surface area contributed by atoms with Gasteiger partial charge in [0.05, 0.1) is 11.7 Å². The van der Waals surface area contributed by atoms with Crippen molar-refractivity contribution >= 4 is 0 Å². The van der Waals surface area contributed by atoms with Crippen LogP contribution < -0.4 is 0 Å². The Morgan fingerprint density at radius 2 is 2.18 bits per heavy atom. The number of hydrogen-bond acceptors (Lipinski definition) is 1. The van der Waals surface area contributed by atoms with E-state index in [4.69, 9.17) is 4.74 Å². The molecule has 5 unspecified atom stereocenters. The predicted molar refractivity (Wildman–Crippen MR) is 43.3 cm³/mol. The average molecular weight is 152 g/mol. The van der Waals surface area contributed by atoms with Crippen molar-refractivity contribution in [2.75, 3.05) is 0 Å². The second-order valence-electron chi connectivity index (χ2n) is 4.96. The van der Waals surface area contributed by atoms with Gasteiger partial charge in [-0.2, -0.15) is 0 Å². The average Bonchev–Trinajstić information content (AvgIpc) is 2.31. The number of rotatable bonds is 0. The number of ether oxygens (including phenoxy) is 1. The maximum atomic E-state index is 6.05. The maximum absolute atomic E-state index is 6.05. The summed E-state index contributed by atoms with van der Waals surface area (Å²) in [5.74, 6) is 2.76. The van der Waals surface area contributed by atoms with Gasteiger partial charge in [-0.05, 0) is 43.9 Å². The van der Waals surface area contributed by atoms with E-state index in [9.17, 15) is 0 Å². The van der Waals surface area contributed by atoms with Crippen LogP contribution in [0.25, 0.3) is 0 Å². The second-order valence-corrected chi connectivity index (χ2v) is 4.96. The summed E-state index contributed by atoms with van der Waals surface area (Å²) >= 11 is 0. The molecule has 62 valence electrons. The molecule has 4 aliphatic rings. The third-order valence-corrected chi connectivity index (χ3v) is 4.39. The predicted octanol–water partition coefficient (Wildman–Crippen LogP) is 2.21. The molecule has 0 aromatic carbocycles. The standard InChI is InChI=1S/C10H16O/c1-6-7-3-8-4-9(6)11-10(8,2)5-7/h6-9H,3-5H2,1-2H3. The van der Waals surface area contributed by atoms with E-state index in [1.165, 1.54) is 19.3 Å². The van der Waals surface area contributed by atoms with Gasteiger partial charge in [0, 0.05) is 0 Å². The van der Waals surface area contributed by atoms with E-state index >= 15 is 0 Å². The van der Waals surface area contributed by atoms with E-state index in [-0.39, 0.29) is 0 Å². The molecule has 11 heavy (non-hydrogen) atoms. The summed E-state index contributed by atoms with van der Waals surface area (Å²) in [5, 5.41) is 0. The quantitative estimate of drug-likeness (QED) is 0.517. The zero-order chi connectivity index (χ0) is 7.64. The van der Waals surface area contributed by atoms with E-state index in [1.807, 2.05) is 0 Å². The van der Waals surface area contributed by atoms with E-state index in [0.29, 0.717) is 11.7 Å². The molecule has 0 spiro atoms. The first-order valence-corrected chi connectivity index (χ1v) is 4.87. The highest BCUT2D eigenvalue weighted by Crippen LogP contribution is 2.59. The van der Waals surface area contributed by atoms with Crippen molar-refractivity contribution in [1.82, 2.24) is 0 Å². The molecule has 0 aromatic rings. The van der Waals surface area contributed by atoms with Crippen LogP contribution in [0.15, 0.2) is 0 Å². The molecule has 0 radical (unpaired) electrons. The Hall–Kier alpha value is -0.0400. The van der Waals surface area contributed by atoms with Crippen LogP contribution >= 0.6 is 0 Å². The Labute approximate surface area is 68.1 Å². The van der Waals surface area contributed by atoms with E-state index in [1.54, 1.807) is 0 Å². The highest BCUT2D eigenvalue weighted by atomic mass is 16.5. The fraction of sp³-hybridized carbons (Fsp3) is 1.00. The SMILES string of the molecule is CC1C2CC3CC1OC3(C)C2. The Balaban J connectivity index is 2.02. The highest BCUT2D eigenvalue weighted by molar-refractivity contribution is 5.08. The first-order chi connectivity index (χ1) is 5.19. The molecular formula is C10H16O. The normalized spacial score (nSPS) is 66.0. The van der Waals surface area contributed by atoms with E-state index in [2.05, 4.69) is 13.8 Å². The maximum Gasteiger partial charge on any atom is 0.0690 e. The van der Waals surface area contributed by atoms with Crippen molar-refractivity contribution in [3.05, 3.63) is 0 Å². The van der Waals surface area contributed by atoms with Crippen molar-refractivity contribution in [2.45, 2.75) is 44.8 Å². The van der Waals surface area contributed by atoms with Crippen molar-refractivity contribution in [2.24, 2.45) is 17.8 Å². The summed E-state index contributed by atoms with van der Waals surface area (Å²) < 4.78 is 6.05. The van der Waals surface area contributed by atoms with Crippen LogP contribution in [0.5, 0.6) is 0 Å². The molecule has 2 aliphatic heterocycles. The minimum atomic E-state index is 0.307. The minimum Gasteiger partial charge on any atom is -0.371 e. The molecular weight excluding hydrogens is 136 g/mol. The second kappa shape index (κ2) is 1.66. The van der Waals surface area contributed by atoms with Gasteiger partial charge in [-0.1, -0.05) is 6.92 Å². The lowest BCUT2D eigenvalue weighted by atomic mass is 9.80. The lowest BCUT2D eigenvalue weighted by molar-refractivity contribution is -0.0954. The van der Waals surface area contributed by atoms with Gasteiger partial charge in [-0.25, -0.2) is 0 Å². The van der Waals surface area contributed by atoms with Gasteiger partial charge in [0.25, 0.3) is 0 Å². The van der Waals surface area contributed by atoms with Gasteiger partial charge in [0.1, 0.15) is 0 Å². The molecule has 1 heteroatoms. The molecule has 0 aromatic heterocycles. The molecule has 4 bridgehead atoms. The Morgan fingerprint density at radius 1 is 1.36 bits per heavy atom. The third kappa shape index (κ3) is 0.618. The largest absolute Gasteiger partial charge is 0.371 e. The van der Waals surface area contributed by atoms with E-state index < -0.39 is 0 Å². The third-order valence-electron chi connectivity index (χ3n) is 4.39. The molecule has 2 saturated heterocycles. The summed E-state index contributed by atoms with van der Waals surface area (Å²) in [5.41, 5.74) is 0.307. The van der Waals surface area contributed by atoms with Crippen molar-refractivity contribution in [1.29, 1.82) is 0 Å². The lowest BCUT2D eigenvalue weighted by Crippen LogP contribution is -2.35. The van der Waals surface area contributed by atoms with Crippen LogP contribution in [-0.4, -0.2) is 11.7 Å². The van der Waals surface area contributed by atoms with Gasteiger partial charge >= 0.3 is 0 Å². The van der Waals surface area contributed by atoms with E-state index in [0.717, 1.165) is 17.8 Å². The molecule has 5 atom stereocenters. The fourth-order valence-electron chi connectivity index (χ4n) is 3.58. The molecule has 0 amide bonds. The van der Waals surface area contributed by atoms with Crippen LogP contribution in [0.2, 0.25) is 0 Å². The molecule has 2 saturated carbocycles. The van der Waals surface area contributed by atoms with Gasteiger partial charge in [0.15, 0.2) is 0 Å². The van der Waals surface area contributed by atoms with Crippen molar-refractivity contribution in [3.63, 3.8) is 0 Å². The first kappa shape index (κ1) is 6.47. The van der Waals surface area contributed by atoms with Gasteiger partial charge in [-0.15, -0.1) is 0 Å². The van der Waals surface area contributed by atoms with Crippen LogP contribution in [-0.2, 0) is 4.74 Å². The molecule has 4 fully saturated rings. The van der Waals surface area contributed by atoms with Crippen molar-refractivity contribution < 1.29 is 4.74 Å². The lowest BCUT2D eigenvalue weighted by Gasteiger charge is -2.35. The Morgan fingerprint density at radius 3 is 2.82 bits per heavy atom. The molecule has 2 heterocycles. The van der Waals surface area contributed by atoms with Crippen LogP contribution in [0, 0.1) is 17.8 Å². The molecule has 2 aliphatic carbocycles. The zero-order valence-electron chi connectivity index (χ0n) is 7.34. The minimum absolute atomic E-state index is 0.307. The van der Waals surface area contributed by atoms with Gasteiger partial charge in [0.2, 0.25) is 0 Å². The topological polar surface area (TPSA) is 9.23 Å². The zero-order valence-corrected chi connectivity index (χ0v) is 7.34. The number of hydrogen-bond donors (Lipinski definition) is 0. The molecule has 4 rings (SSSR count). The van der Waals surface area contributed by atoms with Gasteiger partial charge in [-0.3, -0.25) is 0 Å². The van der Waals surface area contributed by atoms with Crippen LogP contribution in [0.4, 0.5) is 0 Å². The monoisotopic (exact) mass is 152 g/mol. The Kier molecular flexibility index (Phi) is 0.976. The molecule has 0 N–H and O–H groups in total. The summed E-state index contributed by atoms with van der Waals surface area (Å²) in [6.45, 7) is 4.69. The summed E-state index contributed by atoms with van der Waals surface area (Å²) in [7, 11) is 0. The summed E-state index contributed by atoms with van der Waals surface area (Å²) in [6, 6.07) is 0. The van der Waals surface area contributed by atoms with Crippen molar-refractivity contribution in [3.8, 4) is 0 Å². The van der Waals surface area contributed by atoms with Gasteiger partial charge < -0.3 is 4.74 Å². The molecule has 1 nitrogen and oxygen atoms in total. The smallest absolute Gasteiger partial charge is 0.0690 e. The Bertz CT molecular complexity index is 183. The first-order valence-electron chi connectivity index (χ1n) is 4.87. The van der Waals surface area contributed by atoms with Crippen LogP contribution in [0.3, 0.4) is 0 Å². The van der Waals surface area contributed by atoms with Crippen LogP contribution in [0.1, 0.15) is 33.1 Å². The fourth-order valence-corrected chi connectivity index (χ4v) is 3.58. The summed E-state index contributed by atoms with van der Waals surface area (Å²) in [4.78, 5) is 0. The highest BCUT2D eigenvalue weighted by Gasteiger charge is 2.59.